The van der Waals surface area contributed by atoms with Gasteiger partial charge in [-0.25, -0.2) is 9.69 Å². The van der Waals surface area contributed by atoms with Gasteiger partial charge < -0.3 is 10.3 Å². The third kappa shape index (κ3) is 4.49. The zero-order chi connectivity index (χ0) is 28.8. The molecule has 4 aromatic rings. The fourth-order valence-electron chi connectivity index (χ4n) is 6.74. The topological polar surface area (TPSA) is 85.5 Å². The van der Waals surface area contributed by atoms with Crippen molar-refractivity contribution in [2.45, 2.75) is 50.6 Å². The van der Waals surface area contributed by atoms with E-state index in [1.807, 2.05) is 42.5 Å². The average Bonchev–Trinajstić information content (AvgIpc) is 3.50. The Balaban J connectivity index is 1.24. The molecule has 0 bridgehead atoms. The number of nitrogens with one attached hydrogen (secondary N) is 2. The molecule has 212 valence electrons. The highest BCUT2D eigenvalue weighted by Crippen LogP contribution is 2.45. The zero-order valence-electron chi connectivity index (χ0n) is 23.1. The average molecular weight is 579 g/mol. The third-order valence-corrected chi connectivity index (χ3v) is 8.95. The highest BCUT2D eigenvalue weighted by Gasteiger charge is 2.53. The van der Waals surface area contributed by atoms with Gasteiger partial charge in [-0.1, -0.05) is 65.7 Å². The van der Waals surface area contributed by atoms with Crippen LogP contribution in [-0.4, -0.2) is 40.3 Å². The summed E-state index contributed by atoms with van der Waals surface area (Å²) in [6.45, 7) is 0.508. The van der Waals surface area contributed by atoms with Crippen molar-refractivity contribution in [1.82, 2.24) is 15.2 Å². The van der Waals surface area contributed by atoms with Gasteiger partial charge in [-0.15, -0.1) is 0 Å². The number of allylic oxidation sites excluding steroid dienone is 1. The van der Waals surface area contributed by atoms with E-state index >= 15 is 0 Å². The minimum atomic E-state index is -0.720. The lowest BCUT2D eigenvalue weighted by Gasteiger charge is -2.36. The van der Waals surface area contributed by atoms with Gasteiger partial charge in [0, 0.05) is 34.6 Å². The van der Waals surface area contributed by atoms with E-state index in [0.717, 1.165) is 47.0 Å². The molecule has 2 N–H and O–H groups in total. The Labute approximate surface area is 249 Å². The Morgan fingerprint density at radius 3 is 2.67 bits per heavy atom. The molecule has 3 heterocycles. The first-order valence-electron chi connectivity index (χ1n) is 14.6. The van der Waals surface area contributed by atoms with Crippen LogP contribution < -0.4 is 10.2 Å². The Hall–Kier alpha value is -4.36. The molecule has 1 fully saturated rings. The first-order valence-corrected chi connectivity index (χ1v) is 15.0. The normalized spacial score (nSPS) is 20.0. The smallest absolute Gasteiger partial charge is 0.332 e. The summed E-state index contributed by atoms with van der Waals surface area (Å²) in [7, 11) is 0. The van der Waals surface area contributed by atoms with E-state index in [4.69, 9.17) is 11.6 Å². The van der Waals surface area contributed by atoms with Crippen LogP contribution in [0.25, 0.3) is 10.9 Å². The summed E-state index contributed by atoms with van der Waals surface area (Å²) in [5, 5.41) is 4.59. The molecule has 3 aromatic carbocycles. The fourth-order valence-corrected chi connectivity index (χ4v) is 6.94. The molecule has 7 rings (SSSR count). The number of H-pyrrole nitrogens is 1. The summed E-state index contributed by atoms with van der Waals surface area (Å²) in [5.41, 5.74) is 5.64. The minimum Gasteiger partial charge on any atom is -0.356 e. The number of nitrogens with zero attached hydrogens (tertiary/aromatic N) is 2. The molecule has 1 aliphatic carbocycles. The van der Waals surface area contributed by atoms with Crippen molar-refractivity contribution >= 4 is 46.0 Å². The standard InChI is InChI=1S/C34H31ClN4O3/c35-23-12-8-11-22(19-23)31-30-26(24-13-4-6-15-27(24)37-30)20-29-33(41)39(34(42)38(29)31)28-16-7-5-14-25(28)32(40)36-18-17-21-9-2-1-3-10-21/h4-9,11-16,19,29,31,37H,1-3,10,17-18,20H2,(H,36,40)/t29-,31?/m0/s1. The molecule has 42 heavy (non-hydrogen) atoms. The number of hydrogen-bond acceptors (Lipinski definition) is 3. The van der Waals surface area contributed by atoms with Gasteiger partial charge >= 0.3 is 6.03 Å². The Morgan fingerprint density at radius 1 is 1.00 bits per heavy atom. The second-order valence-corrected chi connectivity index (χ2v) is 11.7. The van der Waals surface area contributed by atoms with E-state index in [9.17, 15) is 14.4 Å². The minimum absolute atomic E-state index is 0.296. The van der Waals surface area contributed by atoms with Crippen LogP contribution in [0.15, 0.2) is 84.4 Å². The van der Waals surface area contributed by atoms with E-state index in [-0.39, 0.29) is 11.8 Å². The number of para-hydroxylation sites is 2. The van der Waals surface area contributed by atoms with Gasteiger partial charge in [-0.2, -0.15) is 0 Å². The van der Waals surface area contributed by atoms with Crippen LogP contribution in [-0.2, 0) is 11.2 Å². The van der Waals surface area contributed by atoms with Gasteiger partial charge in [0.15, 0.2) is 0 Å². The molecule has 2 aliphatic heterocycles. The summed E-state index contributed by atoms with van der Waals surface area (Å²) in [5.74, 6) is -0.634. The van der Waals surface area contributed by atoms with E-state index in [1.165, 1.54) is 23.3 Å². The molecule has 0 radical (unpaired) electrons. The number of halogens is 1. The highest BCUT2D eigenvalue weighted by atomic mass is 35.5. The molecule has 1 saturated heterocycles. The van der Waals surface area contributed by atoms with Crippen molar-refractivity contribution in [2.24, 2.45) is 0 Å². The molecular weight excluding hydrogens is 548 g/mol. The Morgan fingerprint density at radius 2 is 1.83 bits per heavy atom. The number of amides is 4. The number of fused-ring (bicyclic) bond motifs is 4. The van der Waals surface area contributed by atoms with Crippen molar-refractivity contribution < 1.29 is 14.4 Å². The molecule has 7 nitrogen and oxygen atoms in total. The third-order valence-electron chi connectivity index (χ3n) is 8.72. The van der Waals surface area contributed by atoms with Crippen LogP contribution >= 0.6 is 11.6 Å². The van der Waals surface area contributed by atoms with Crippen LogP contribution in [0.3, 0.4) is 0 Å². The van der Waals surface area contributed by atoms with Gasteiger partial charge in [-0.05, 0) is 73.6 Å². The van der Waals surface area contributed by atoms with Gasteiger partial charge in [0.25, 0.3) is 11.8 Å². The van der Waals surface area contributed by atoms with Gasteiger partial charge in [-0.3, -0.25) is 14.5 Å². The molecule has 4 amide bonds. The molecule has 1 aromatic heterocycles. The van der Waals surface area contributed by atoms with Gasteiger partial charge in [0.2, 0.25) is 0 Å². The summed E-state index contributed by atoms with van der Waals surface area (Å²) >= 11 is 6.41. The number of carbonyl (C=O) groups excluding carboxylic acids is 3. The van der Waals surface area contributed by atoms with E-state index in [1.54, 1.807) is 35.2 Å². The number of aromatic amines is 1. The van der Waals surface area contributed by atoms with Crippen molar-refractivity contribution in [3.8, 4) is 0 Å². The highest BCUT2D eigenvalue weighted by molar-refractivity contribution is 6.30. The number of benzene rings is 3. The summed E-state index contributed by atoms with van der Waals surface area (Å²) < 4.78 is 0. The monoisotopic (exact) mass is 578 g/mol. The van der Waals surface area contributed by atoms with Crippen LogP contribution in [0.4, 0.5) is 10.5 Å². The Bertz CT molecular complexity index is 1760. The lowest BCUT2D eigenvalue weighted by Crippen LogP contribution is -2.44. The number of urea groups is 1. The first-order chi connectivity index (χ1) is 20.5. The maximum atomic E-state index is 14.3. The van der Waals surface area contributed by atoms with Crippen molar-refractivity contribution in [2.75, 3.05) is 11.4 Å². The molecule has 2 atom stereocenters. The molecule has 8 heteroatoms. The molecule has 0 saturated carbocycles. The lowest BCUT2D eigenvalue weighted by molar-refractivity contribution is -0.120. The SMILES string of the molecule is O=C(NCCC1=CCCCC1)c1ccccc1N1C(=O)[C@@H]2Cc3c([nH]c4ccccc34)C(c3cccc(Cl)c3)N2C1=O. The predicted molar refractivity (Wildman–Crippen MR) is 164 cm³/mol. The number of rotatable bonds is 6. The van der Waals surface area contributed by atoms with E-state index in [2.05, 4.69) is 16.4 Å². The number of anilines is 1. The van der Waals surface area contributed by atoms with Gasteiger partial charge in [0.1, 0.15) is 12.1 Å². The molecule has 0 spiro atoms. The molecule has 1 unspecified atom stereocenters. The second kappa shape index (κ2) is 10.8. The zero-order valence-corrected chi connectivity index (χ0v) is 23.9. The van der Waals surface area contributed by atoms with Crippen LogP contribution in [0.5, 0.6) is 0 Å². The second-order valence-electron chi connectivity index (χ2n) is 11.2. The van der Waals surface area contributed by atoms with Gasteiger partial charge in [0.05, 0.1) is 11.3 Å². The van der Waals surface area contributed by atoms with Crippen LogP contribution in [0, 0.1) is 0 Å². The summed E-state index contributed by atoms with van der Waals surface area (Å²) in [6, 6.07) is 20.5. The maximum Gasteiger partial charge on any atom is 0.332 e. The first kappa shape index (κ1) is 26.5. The van der Waals surface area contributed by atoms with E-state index in [0.29, 0.717) is 29.2 Å². The quantitative estimate of drug-likeness (QED) is 0.192. The Kier molecular flexibility index (Phi) is 6.82. The van der Waals surface area contributed by atoms with Crippen molar-refractivity contribution in [3.63, 3.8) is 0 Å². The van der Waals surface area contributed by atoms with Crippen molar-refractivity contribution in [1.29, 1.82) is 0 Å². The molecular formula is C34H31ClN4O3. The number of hydrogen-bond donors (Lipinski definition) is 2. The number of carbonyl (C=O) groups is 3. The largest absolute Gasteiger partial charge is 0.356 e. The maximum absolute atomic E-state index is 14.3. The van der Waals surface area contributed by atoms with Crippen LogP contribution in [0.2, 0.25) is 5.02 Å². The predicted octanol–water partition coefficient (Wildman–Crippen LogP) is 6.92. The van der Waals surface area contributed by atoms with Crippen molar-refractivity contribution in [3.05, 3.63) is 112 Å². The number of imide groups is 1. The molecule has 3 aliphatic rings. The van der Waals surface area contributed by atoms with E-state index < -0.39 is 18.1 Å². The summed E-state index contributed by atoms with van der Waals surface area (Å²) in [4.78, 5) is 48.2. The summed E-state index contributed by atoms with van der Waals surface area (Å²) in [6.07, 6.45) is 8.03. The fraction of sp³-hybridized carbons (Fsp3) is 0.265. The van der Waals surface area contributed by atoms with Crippen LogP contribution in [0.1, 0.15) is 65.3 Å². The lowest BCUT2D eigenvalue weighted by atomic mass is 9.89. The number of aromatic nitrogens is 1.